The molecule has 3 aromatic carbocycles. The van der Waals surface area contributed by atoms with Crippen LogP contribution in [0.25, 0.3) is 22.6 Å². The number of aromatic amines is 1. The lowest BCUT2D eigenvalue weighted by Gasteiger charge is -2.06. The van der Waals surface area contributed by atoms with Crippen LogP contribution in [0.2, 0.25) is 0 Å². The quantitative estimate of drug-likeness (QED) is 0.344. The van der Waals surface area contributed by atoms with Gasteiger partial charge in [-0.25, -0.2) is 4.98 Å². The van der Waals surface area contributed by atoms with Gasteiger partial charge in [-0.3, -0.25) is 4.79 Å². The highest BCUT2D eigenvalue weighted by atomic mass is 32.2. The van der Waals surface area contributed by atoms with Crippen molar-refractivity contribution in [3.63, 3.8) is 0 Å². The fourth-order valence-corrected chi connectivity index (χ4v) is 4.40. The van der Waals surface area contributed by atoms with Crippen LogP contribution in [0.15, 0.2) is 71.8 Å². The second-order valence-corrected chi connectivity index (χ2v) is 8.73. The summed E-state index contributed by atoms with van der Waals surface area (Å²) in [5.41, 5.74) is 4.62. The number of methoxy groups -OCH3 is 1. The average molecular weight is 474 g/mol. The molecule has 2 N–H and O–H groups in total. The molecule has 0 saturated heterocycles. The molecule has 1 aliphatic heterocycles. The summed E-state index contributed by atoms with van der Waals surface area (Å²) in [5, 5.41) is 3.66. The van der Waals surface area contributed by atoms with Gasteiger partial charge in [0.05, 0.1) is 18.6 Å². The van der Waals surface area contributed by atoms with Crippen molar-refractivity contribution in [3.8, 4) is 39.9 Å². The minimum Gasteiger partial charge on any atom is -0.497 e. The molecule has 1 aliphatic rings. The maximum Gasteiger partial charge on any atom is 0.234 e. The lowest BCUT2D eigenvalue weighted by atomic mass is 10.1. The molecule has 5 rings (SSSR count). The number of nitrogens with one attached hydrogen (secondary N) is 2. The molecule has 0 bridgehead atoms. The van der Waals surface area contributed by atoms with Gasteiger partial charge in [0, 0.05) is 22.9 Å². The molecule has 4 aromatic rings. The summed E-state index contributed by atoms with van der Waals surface area (Å²) >= 11 is 1.38. The molecule has 34 heavy (non-hydrogen) atoms. The number of H-pyrrole nitrogens is 1. The summed E-state index contributed by atoms with van der Waals surface area (Å²) in [6.45, 7) is 2.24. The number of fused-ring (bicyclic) bond motifs is 1. The van der Waals surface area contributed by atoms with Crippen molar-refractivity contribution in [2.45, 2.75) is 11.9 Å². The first-order chi connectivity index (χ1) is 16.6. The van der Waals surface area contributed by atoms with Gasteiger partial charge in [-0.05, 0) is 31.2 Å². The summed E-state index contributed by atoms with van der Waals surface area (Å²) in [6.07, 6.45) is 0. The Labute approximate surface area is 201 Å². The number of hydrogen-bond acceptors (Lipinski definition) is 6. The Morgan fingerprint density at radius 3 is 2.71 bits per heavy atom. The molecule has 2 heterocycles. The maximum atomic E-state index is 12.7. The molecule has 0 aliphatic carbocycles. The summed E-state index contributed by atoms with van der Waals surface area (Å²) < 4.78 is 16.1. The lowest BCUT2D eigenvalue weighted by Crippen LogP contribution is -2.14. The van der Waals surface area contributed by atoms with E-state index < -0.39 is 0 Å². The van der Waals surface area contributed by atoms with Crippen molar-refractivity contribution in [1.82, 2.24) is 9.97 Å². The number of imidazole rings is 1. The van der Waals surface area contributed by atoms with E-state index in [2.05, 4.69) is 41.5 Å². The molecule has 172 valence electrons. The Balaban J connectivity index is 1.37. The van der Waals surface area contributed by atoms with E-state index in [0.717, 1.165) is 27.6 Å². The highest BCUT2D eigenvalue weighted by Gasteiger charge is 2.17. The predicted octanol–water partition coefficient (Wildman–Crippen LogP) is 5.52. The zero-order chi connectivity index (χ0) is 23.5. The van der Waals surface area contributed by atoms with E-state index in [1.165, 1.54) is 17.3 Å². The molecule has 1 amide bonds. The number of benzene rings is 3. The fraction of sp³-hybridized carbons (Fsp3) is 0.154. The van der Waals surface area contributed by atoms with E-state index in [4.69, 9.17) is 19.2 Å². The second-order valence-electron chi connectivity index (χ2n) is 7.77. The topological polar surface area (TPSA) is 85.5 Å². The predicted molar refractivity (Wildman–Crippen MR) is 133 cm³/mol. The number of ether oxygens (including phenoxy) is 3. The van der Waals surface area contributed by atoms with Crippen LogP contribution in [0.3, 0.4) is 0 Å². The number of aryl methyl sites for hydroxylation is 1. The van der Waals surface area contributed by atoms with Gasteiger partial charge in [-0.1, -0.05) is 53.7 Å². The third-order valence-electron chi connectivity index (χ3n) is 5.35. The number of rotatable bonds is 7. The SMILES string of the molecule is COc1cccc(-c2nc(SCC(=O)Nc3ccc4c(c3)OCO4)c(-c3ccc(C)cc3)[nH]2)c1. The number of aromatic nitrogens is 2. The van der Waals surface area contributed by atoms with Crippen molar-refractivity contribution in [1.29, 1.82) is 0 Å². The van der Waals surface area contributed by atoms with Gasteiger partial charge in [-0.2, -0.15) is 0 Å². The van der Waals surface area contributed by atoms with Gasteiger partial charge in [0.25, 0.3) is 0 Å². The molecule has 0 radical (unpaired) electrons. The third kappa shape index (κ3) is 4.72. The number of amides is 1. The molecule has 0 spiro atoms. The van der Waals surface area contributed by atoms with E-state index in [1.807, 2.05) is 24.3 Å². The molecular formula is C26H23N3O4S. The Bertz CT molecular complexity index is 1330. The van der Waals surface area contributed by atoms with Crippen LogP contribution < -0.4 is 19.5 Å². The lowest BCUT2D eigenvalue weighted by molar-refractivity contribution is -0.113. The molecule has 1 aromatic heterocycles. The van der Waals surface area contributed by atoms with Gasteiger partial charge < -0.3 is 24.5 Å². The first-order valence-corrected chi connectivity index (χ1v) is 11.7. The number of carbonyl (C=O) groups excluding carboxylic acids is 1. The Hall–Kier alpha value is -3.91. The van der Waals surface area contributed by atoms with Crippen LogP contribution in [-0.2, 0) is 4.79 Å². The normalized spacial score (nSPS) is 11.9. The van der Waals surface area contributed by atoms with Crippen LogP contribution >= 0.6 is 11.8 Å². The van der Waals surface area contributed by atoms with Gasteiger partial charge >= 0.3 is 0 Å². The summed E-state index contributed by atoms with van der Waals surface area (Å²) in [4.78, 5) is 20.9. The smallest absolute Gasteiger partial charge is 0.234 e. The van der Waals surface area contributed by atoms with E-state index in [9.17, 15) is 4.79 Å². The zero-order valence-corrected chi connectivity index (χ0v) is 19.6. The Morgan fingerprint density at radius 2 is 1.88 bits per heavy atom. The van der Waals surface area contributed by atoms with Crippen molar-refractivity contribution in [2.24, 2.45) is 0 Å². The van der Waals surface area contributed by atoms with Crippen molar-refractivity contribution >= 4 is 23.4 Å². The molecule has 0 unspecified atom stereocenters. The minimum absolute atomic E-state index is 0.135. The zero-order valence-electron chi connectivity index (χ0n) is 18.8. The monoisotopic (exact) mass is 473 g/mol. The van der Waals surface area contributed by atoms with Crippen molar-refractivity contribution < 1.29 is 19.0 Å². The second kappa shape index (κ2) is 9.52. The standard InChI is InChI=1S/C26H23N3O4S/c1-16-6-8-17(9-7-16)24-26(29-25(28-24)18-4-3-5-20(12-18)31-2)34-14-23(30)27-19-10-11-21-22(13-19)33-15-32-21/h3-13H,14-15H2,1-2H3,(H,27,30)(H,28,29). The van der Waals surface area contributed by atoms with Crippen molar-refractivity contribution in [3.05, 3.63) is 72.3 Å². The third-order valence-corrected chi connectivity index (χ3v) is 6.33. The molecule has 0 saturated carbocycles. The van der Waals surface area contributed by atoms with Crippen LogP contribution in [0.1, 0.15) is 5.56 Å². The maximum absolute atomic E-state index is 12.7. The number of carbonyl (C=O) groups is 1. The average Bonchev–Trinajstić information content (AvgIpc) is 3.50. The first kappa shape index (κ1) is 21.9. The largest absolute Gasteiger partial charge is 0.497 e. The van der Waals surface area contributed by atoms with Gasteiger partial charge in [0.15, 0.2) is 11.5 Å². The summed E-state index contributed by atoms with van der Waals surface area (Å²) in [5.74, 6) is 2.84. The number of anilines is 1. The van der Waals surface area contributed by atoms with Gasteiger partial charge in [0.2, 0.25) is 12.7 Å². The number of hydrogen-bond donors (Lipinski definition) is 2. The Kier molecular flexibility index (Phi) is 6.14. The minimum atomic E-state index is -0.135. The molecule has 0 atom stereocenters. The number of thioether (sulfide) groups is 1. The molecule has 8 heteroatoms. The van der Waals surface area contributed by atoms with E-state index in [-0.39, 0.29) is 18.5 Å². The molecule has 7 nitrogen and oxygen atoms in total. The Morgan fingerprint density at radius 1 is 1.06 bits per heavy atom. The van der Waals surface area contributed by atoms with E-state index >= 15 is 0 Å². The van der Waals surface area contributed by atoms with Crippen LogP contribution in [0.4, 0.5) is 5.69 Å². The number of nitrogens with zero attached hydrogens (tertiary/aromatic N) is 1. The van der Waals surface area contributed by atoms with Crippen molar-refractivity contribution in [2.75, 3.05) is 25.0 Å². The van der Waals surface area contributed by atoms with E-state index in [0.29, 0.717) is 23.0 Å². The summed E-state index contributed by atoms with van der Waals surface area (Å²) in [7, 11) is 1.64. The van der Waals surface area contributed by atoms with Gasteiger partial charge in [-0.15, -0.1) is 0 Å². The van der Waals surface area contributed by atoms with Crippen LogP contribution in [0, 0.1) is 6.92 Å². The van der Waals surface area contributed by atoms with E-state index in [1.54, 1.807) is 25.3 Å². The first-order valence-electron chi connectivity index (χ1n) is 10.7. The molecule has 0 fully saturated rings. The summed E-state index contributed by atoms with van der Waals surface area (Å²) in [6, 6.07) is 21.3. The molecular weight excluding hydrogens is 450 g/mol. The van der Waals surface area contributed by atoms with Crippen LogP contribution in [-0.4, -0.2) is 35.5 Å². The highest BCUT2D eigenvalue weighted by Crippen LogP contribution is 2.35. The highest BCUT2D eigenvalue weighted by molar-refractivity contribution is 8.00. The van der Waals surface area contributed by atoms with Crippen LogP contribution in [0.5, 0.6) is 17.2 Å². The fourth-order valence-electron chi connectivity index (χ4n) is 3.59. The van der Waals surface area contributed by atoms with Gasteiger partial charge in [0.1, 0.15) is 16.6 Å².